The molecule has 0 unspecified atom stereocenters. The molecule has 144 valence electrons. The molecule has 0 atom stereocenters. The third-order valence-corrected chi connectivity index (χ3v) is 5.06. The molecule has 1 aliphatic rings. The molecule has 8 heteroatoms. The van der Waals surface area contributed by atoms with Crippen LogP contribution in [0.5, 0.6) is 0 Å². The topological polar surface area (TPSA) is 88.5 Å². The SMILES string of the molecule is Cn1nc(-c2cnc3[nH]cc(C(=O)NC4(C)C=CC=C4)c3n2)c2ccc(F)cc21. The van der Waals surface area contributed by atoms with Crippen LogP contribution in [0.3, 0.4) is 0 Å². The molecular weight excluding hydrogens is 371 g/mol. The van der Waals surface area contributed by atoms with Gasteiger partial charge in [-0.15, -0.1) is 0 Å². The summed E-state index contributed by atoms with van der Waals surface area (Å²) in [5.41, 5.74) is 2.57. The summed E-state index contributed by atoms with van der Waals surface area (Å²) in [4.78, 5) is 24.9. The molecule has 0 fully saturated rings. The summed E-state index contributed by atoms with van der Waals surface area (Å²) in [5, 5.41) is 8.23. The van der Waals surface area contributed by atoms with Crippen molar-refractivity contribution < 1.29 is 9.18 Å². The fourth-order valence-corrected chi connectivity index (χ4v) is 3.56. The molecule has 2 N–H and O–H groups in total. The molecule has 4 aromatic rings. The van der Waals surface area contributed by atoms with E-state index in [0.29, 0.717) is 33.6 Å². The van der Waals surface area contributed by atoms with Crippen molar-refractivity contribution in [2.24, 2.45) is 7.05 Å². The fourth-order valence-electron chi connectivity index (χ4n) is 3.56. The quantitative estimate of drug-likeness (QED) is 0.564. The smallest absolute Gasteiger partial charge is 0.256 e. The molecule has 0 saturated carbocycles. The molecule has 0 aliphatic heterocycles. The summed E-state index contributed by atoms with van der Waals surface area (Å²) in [6.45, 7) is 1.91. The number of nitrogens with one attached hydrogen (secondary N) is 2. The zero-order valence-corrected chi connectivity index (χ0v) is 15.8. The highest BCUT2D eigenvalue weighted by Gasteiger charge is 2.25. The highest BCUT2D eigenvalue weighted by molar-refractivity contribution is 6.05. The van der Waals surface area contributed by atoms with E-state index < -0.39 is 5.54 Å². The highest BCUT2D eigenvalue weighted by Crippen LogP contribution is 2.28. The Morgan fingerprint density at radius 1 is 1.28 bits per heavy atom. The standard InChI is InChI=1S/C21H17FN6O/c1-21(7-3-4-8-21)26-20(29)14-10-23-19-18(14)25-15(11-24-19)17-13-6-5-12(22)9-16(13)28(2)27-17/h3-11H,1-2H3,(H,23,24)(H,26,29). The second-order valence-corrected chi connectivity index (χ2v) is 7.24. The van der Waals surface area contributed by atoms with Crippen LogP contribution in [0.15, 0.2) is 54.9 Å². The van der Waals surface area contributed by atoms with E-state index in [-0.39, 0.29) is 11.7 Å². The van der Waals surface area contributed by atoms with Crippen LogP contribution < -0.4 is 5.32 Å². The van der Waals surface area contributed by atoms with Gasteiger partial charge in [-0.3, -0.25) is 9.48 Å². The van der Waals surface area contributed by atoms with Crippen LogP contribution in [0, 0.1) is 5.82 Å². The maximum absolute atomic E-state index is 13.6. The summed E-state index contributed by atoms with van der Waals surface area (Å²) in [6.07, 6.45) is 10.8. The molecule has 7 nitrogen and oxygen atoms in total. The maximum atomic E-state index is 13.6. The Hall–Kier alpha value is -3.81. The number of aromatic amines is 1. The summed E-state index contributed by atoms with van der Waals surface area (Å²) in [6, 6.07) is 4.48. The van der Waals surface area contributed by atoms with Crippen LogP contribution in [0.25, 0.3) is 33.5 Å². The van der Waals surface area contributed by atoms with Gasteiger partial charge in [-0.25, -0.2) is 14.4 Å². The Morgan fingerprint density at radius 2 is 2.07 bits per heavy atom. The molecule has 3 aromatic heterocycles. The summed E-state index contributed by atoms with van der Waals surface area (Å²) in [5.74, 6) is -0.587. The number of hydrogen-bond donors (Lipinski definition) is 2. The van der Waals surface area contributed by atoms with Gasteiger partial charge in [0, 0.05) is 18.6 Å². The minimum absolute atomic E-state index is 0.255. The number of allylic oxidation sites excluding steroid dienone is 2. The van der Waals surface area contributed by atoms with Gasteiger partial charge < -0.3 is 10.3 Å². The van der Waals surface area contributed by atoms with Gasteiger partial charge in [0.05, 0.1) is 22.8 Å². The Bertz CT molecular complexity index is 1330. The van der Waals surface area contributed by atoms with Crippen LogP contribution in [0.2, 0.25) is 0 Å². The largest absolute Gasteiger partial charge is 0.344 e. The highest BCUT2D eigenvalue weighted by atomic mass is 19.1. The molecule has 0 saturated heterocycles. The van der Waals surface area contributed by atoms with Crippen molar-refractivity contribution in [1.82, 2.24) is 30.0 Å². The van der Waals surface area contributed by atoms with Crippen molar-refractivity contribution in [2.45, 2.75) is 12.5 Å². The van der Waals surface area contributed by atoms with Crippen molar-refractivity contribution >= 4 is 28.0 Å². The predicted octanol–water partition coefficient (Wildman–Crippen LogP) is 3.27. The summed E-state index contributed by atoms with van der Waals surface area (Å²) >= 11 is 0. The Labute approximate surface area is 165 Å². The van der Waals surface area contributed by atoms with Gasteiger partial charge in [0.25, 0.3) is 5.91 Å². The third-order valence-electron chi connectivity index (χ3n) is 5.06. The third kappa shape index (κ3) is 2.80. The zero-order chi connectivity index (χ0) is 20.2. The number of halogens is 1. The van der Waals surface area contributed by atoms with Gasteiger partial charge in [0.1, 0.15) is 22.7 Å². The summed E-state index contributed by atoms with van der Waals surface area (Å²) < 4.78 is 15.2. The summed E-state index contributed by atoms with van der Waals surface area (Å²) in [7, 11) is 1.75. The first-order valence-corrected chi connectivity index (χ1v) is 9.10. The van der Waals surface area contributed by atoms with Crippen LogP contribution in [-0.2, 0) is 7.05 Å². The normalized spacial score (nSPS) is 14.9. The van der Waals surface area contributed by atoms with E-state index in [1.54, 1.807) is 30.2 Å². The number of H-pyrrole nitrogens is 1. The number of carbonyl (C=O) groups is 1. The van der Waals surface area contributed by atoms with Crippen LogP contribution >= 0.6 is 0 Å². The lowest BCUT2D eigenvalue weighted by Gasteiger charge is -2.21. The molecule has 0 radical (unpaired) electrons. The predicted molar refractivity (Wildman–Crippen MR) is 108 cm³/mol. The second-order valence-electron chi connectivity index (χ2n) is 7.24. The van der Waals surface area contributed by atoms with Crippen molar-refractivity contribution in [3.8, 4) is 11.4 Å². The number of rotatable bonds is 3. The van der Waals surface area contributed by atoms with Crippen molar-refractivity contribution in [3.63, 3.8) is 0 Å². The van der Waals surface area contributed by atoms with E-state index in [4.69, 9.17) is 0 Å². The molecule has 0 bridgehead atoms. The number of benzene rings is 1. The second kappa shape index (κ2) is 6.10. The fraction of sp³-hybridized carbons (Fsp3) is 0.143. The van der Waals surface area contributed by atoms with E-state index in [1.165, 1.54) is 12.1 Å². The van der Waals surface area contributed by atoms with Crippen molar-refractivity contribution in [3.05, 3.63) is 66.3 Å². The van der Waals surface area contributed by atoms with Crippen molar-refractivity contribution in [2.75, 3.05) is 0 Å². The van der Waals surface area contributed by atoms with Gasteiger partial charge in [0.15, 0.2) is 5.65 Å². The maximum Gasteiger partial charge on any atom is 0.256 e. The molecule has 1 amide bonds. The van der Waals surface area contributed by atoms with Gasteiger partial charge in [-0.05, 0) is 25.1 Å². The van der Waals surface area contributed by atoms with Crippen LogP contribution in [0.4, 0.5) is 4.39 Å². The molecule has 1 aromatic carbocycles. The van der Waals surface area contributed by atoms with Crippen LogP contribution in [-0.4, -0.2) is 36.2 Å². The number of amides is 1. The van der Waals surface area contributed by atoms with E-state index in [2.05, 4.69) is 25.4 Å². The van der Waals surface area contributed by atoms with E-state index >= 15 is 0 Å². The zero-order valence-electron chi connectivity index (χ0n) is 15.8. The molecule has 5 rings (SSSR count). The average molecular weight is 388 g/mol. The lowest BCUT2D eigenvalue weighted by Crippen LogP contribution is -2.41. The first kappa shape index (κ1) is 17.3. The van der Waals surface area contributed by atoms with E-state index in [9.17, 15) is 9.18 Å². The number of nitrogens with zero attached hydrogens (tertiary/aromatic N) is 4. The minimum atomic E-state index is -0.535. The van der Waals surface area contributed by atoms with Gasteiger partial charge in [0.2, 0.25) is 0 Å². The first-order chi connectivity index (χ1) is 13.9. The number of aryl methyl sites for hydroxylation is 1. The number of aromatic nitrogens is 5. The molecule has 1 aliphatic carbocycles. The number of fused-ring (bicyclic) bond motifs is 2. The van der Waals surface area contributed by atoms with Gasteiger partial charge >= 0.3 is 0 Å². The minimum Gasteiger partial charge on any atom is -0.344 e. The van der Waals surface area contributed by atoms with Crippen LogP contribution in [0.1, 0.15) is 17.3 Å². The first-order valence-electron chi connectivity index (χ1n) is 9.10. The lowest BCUT2D eigenvalue weighted by atomic mass is 10.0. The van der Waals surface area contributed by atoms with Gasteiger partial charge in [-0.1, -0.05) is 24.3 Å². The molecule has 0 spiro atoms. The number of carbonyl (C=O) groups excluding carboxylic acids is 1. The molecular formula is C21H17FN6O. The monoisotopic (exact) mass is 388 g/mol. The Balaban J connectivity index is 1.59. The van der Waals surface area contributed by atoms with E-state index in [1.807, 2.05) is 31.2 Å². The Kier molecular flexibility index (Phi) is 3.64. The van der Waals surface area contributed by atoms with Crippen molar-refractivity contribution in [1.29, 1.82) is 0 Å². The Morgan fingerprint density at radius 3 is 2.86 bits per heavy atom. The van der Waals surface area contributed by atoms with Gasteiger partial charge in [-0.2, -0.15) is 5.10 Å². The molecule has 29 heavy (non-hydrogen) atoms. The lowest BCUT2D eigenvalue weighted by molar-refractivity contribution is 0.0936. The number of hydrogen-bond acceptors (Lipinski definition) is 4. The van der Waals surface area contributed by atoms with E-state index in [0.717, 1.165) is 5.39 Å². The average Bonchev–Trinajstić information content (AvgIpc) is 3.39. The molecule has 3 heterocycles.